The predicted molar refractivity (Wildman–Crippen MR) is 60.3 cm³/mol. The van der Waals surface area contributed by atoms with Crippen LogP contribution in [0.25, 0.3) is 0 Å². The van der Waals surface area contributed by atoms with E-state index in [0.29, 0.717) is 12.2 Å². The molecule has 92 valence electrons. The van der Waals surface area contributed by atoms with Gasteiger partial charge < -0.3 is 4.42 Å². The molecule has 1 heterocycles. The van der Waals surface area contributed by atoms with E-state index >= 15 is 0 Å². The van der Waals surface area contributed by atoms with Crippen LogP contribution in [0.5, 0.6) is 0 Å². The van der Waals surface area contributed by atoms with Crippen LogP contribution in [0.4, 0.5) is 0 Å². The molecule has 0 aliphatic heterocycles. The largest absolute Gasteiger partial charge is 0.469 e. The van der Waals surface area contributed by atoms with Crippen molar-refractivity contribution in [1.29, 1.82) is 0 Å². The minimum atomic E-state index is -0.409. The molecule has 1 fully saturated rings. The van der Waals surface area contributed by atoms with E-state index in [2.05, 4.69) is 0 Å². The van der Waals surface area contributed by atoms with Gasteiger partial charge in [-0.3, -0.25) is 14.9 Å². The smallest absolute Gasteiger partial charge is 0.214 e. The Morgan fingerprint density at radius 2 is 2.35 bits per heavy atom. The van der Waals surface area contributed by atoms with Gasteiger partial charge in [0.15, 0.2) is 0 Å². The lowest BCUT2D eigenvalue weighted by Gasteiger charge is -2.25. The number of ketones is 1. The van der Waals surface area contributed by atoms with Crippen LogP contribution in [0.2, 0.25) is 0 Å². The summed E-state index contributed by atoms with van der Waals surface area (Å²) in [4.78, 5) is 22.2. The van der Waals surface area contributed by atoms with Crippen LogP contribution in [0.3, 0.4) is 0 Å². The van der Waals surface area contributed by atoms with Gasteiger partial charge in [0.2, 0.25) is 6.54 Å². The van der Waals surface area contributed by atoms with Crippen molar-refractivity contribution in [2.45, 2.75) is 31.6 Å². The molecule has 0 radical (unpaired) electrons. The number of furan rings is 1. The topological polar surface area (TPSA) is 73.3 Å². The molecule has 1 saturated carbocycles. The highest BCUT2D eigenvalue weighted by Crippen LogP contribution is 2.34. The van der Waals surface area contributed by atoms with E-state index in [-0.39, 0.29) is 23.2 Å². The molecule has 1 aromatic heterocycles. The van der Waals surface area contributed by atoms with E-state index in [1.807, 2.05) is 0 Å². The Bertz CT molecular complexity index is 399. The van der Waals surface area contributed by atoms with Crippen molar-refractivity contribution < 1.29 is 14.1 Å². The van der Waals surface area contributed by atoms with E-state index in [4.69, 9.17) is 4.42 Å². The van der Waals surface area contributed by atoms with Gasteiger partial charge in [-0.15, -0.1) is 0 Å². The second-order valence-corrected chi connectivity index (χ2v) is 4.46. The monoisotopic (exact) mass is 237 g/mol. The number of carbonyl (C=O) groups is 1. The molecule has 0 bridgehead atoms. The van der Waals surface area contributed by atoms with Crippen molar-refractivity contribution in [1.82, 2.24) is 0 Å². The molecular weight excluding hydrogens is 222 g/mol. The van der Waals surface area contributed by atoms with Crippen LogP contribution in [0.1, 0.15) is 37.4 Å². The number of nitrogens with zero attached hydrogens (tertiary/aromatic N) is 1. The molecule has 2 atom stereocenters. The zero-order chi connectivity index (χ0) is 12.3. The maximum atomic E-state index is 11.8. The summed E-state index contributed by atoms with van der Waals surface area (Å²) in [5.74, 6) is 0.0366. The first kappa shape index (κ1) is 11.8. The number of nitro groups is 1. The van der Waals surface area contributed by atoms with Gasteiger partial charge in [-0.1, -0.05) is 6.42 Å². The highest BCUT2D eigenvalue weighted by molar-refractivity contribution is 5.82. The molecule has 5 heteroatoms. The highest BCUT2D eigenvalue weighted by atomic mass is 16.6. The zero-order valence-electron chi connectivity index (χ0n) is 9.50. The quantitative estimate of drug-likeness (QED) is 0.595. The molecule has 0 unspecified atom stereocenters. The summed E-state index contributed by atoms with van der Waals surface area (Å²) >= 11 is 0. The summed E-state index contributed by atoms with van der Waals surface area (Å²) in [6.07, 6.45) is 4.64. The number of rotatable bonds is 4. The van der Waals surface area contributed by atoms with Crippen molar-refractivity contribution in [2.24, 2.45) is 5.92 Å². The van der Waals surface area contributed by atoms with Gasteiger partial charge >= 0.3 is 0 Å². The van der Waals surface area contributed by atoms with Crippen molar-refractivity contribution in [3.8, 4) is 0 Å². The van der Waals surface area contributed by atoms with E-state index in [1.165, 1.54) is 6.26 Å². The lowest BCUT2D eigenvalue weighted by atomic mass is 9.78. The first-order valence-electron chi connectivity index (χ1n) is 5.86. The Balaban J connectivity index is 2.20. The standard InChI is InChI=1S/C12H15NO4/c14-11-5-2-1-4-9(11)10(8-13(15)16)12-6-3-7-17-12/h3,6-7,9-10H,1-2,4-5,8H2/t9-,10+/m0/s1. The fraction of sp³-hybridized carbons (Fsp3) is 0.583. The van der Waals surface area contributed by atoms with Gasteiger partial charge in [0.25, 0.3) is 0 Å². The van der Waals surface area contributed by atoms with E-state index in [0.717, 1.165) is 19.3 Å². The Hall–Kier alpha value is -1.65. The molecule has 1 aliphatic rings. The summed E-state index contributed by atoms with van der Waals surface area (Å²) in [6.45, 7) is -0.232. The number of Topliss-reactive ketones (excluding diaryl/α,β-unsaturated/α-hetero) is 1. The second-order valence-electron chi connectivity index (χ2n) is 4.46. The van der Waals surface area contributed by atoms with Gasteiger partial charge in [-0.05, 0) is 25.0 Å². The Morgan fingerprint density at radius 3 is 2.94 bits per heavy atom. The third-order valence-corrected chi connectivity index (χ3v) is 3.34. The Kier molecular flexibility index (Phi) is 3.56. The number of carbonyl (C=O) groups excluding carboxylic acids is 1. The minimum absolute atomic E-state index is 0.138. The minimum Gasteiger partial charge on any atom is -0.469 e. The van der Waals surface area contributed by atoms with Crippen LogP contribution in [0.15, 0.2) is 22.8 Å². The van der Waals surface area contributed by atoms with E-state index < -0.39 is 5.92 Å². The van der Waals surface area contributed by atoms with Gasteiger partial charge in [0.1, 0.15) is 11.5 Å². The predicted octanol–water partition coefficient (Wildman–Crippen LogP) is 2.40. The summed E-state index contributed by atoms with van der Waals surface area (Å²) < 4.78 is 5.24. The normalized spacial score (nSPS) is 22.4. The van der Waals surface area contributed by atoms with Gasteiger partial charge in [-0.2, -0.15) is 0 Å². The summed E-state index contributed by atoms with van der Waals surface area (Å²) in [6, 6.07) is 3.42. The molecular formula is C12H15NO4. The molecule has 0 aromatic carbocycles. The molecule has 0 amide bonds. The SMILES string of the molecule is O=C1CCCC[C@H]1[C@@H](C[N+](=O)[O-])c1ccco1. The number of hydrogen-bond donors (Lipinski definition) is 0. The van der Waals surface area contributed by atoms with Crippen molar-refractivity contribution >= 4 is 5.78 Å². The Morgan fingerprint density at radius 1 is 1.53 bits per heavy atom. The molecule has 0 spiro atoms. The lowest BCUT2D eigenvalue weighted by Crippen LogP contribution is -2.29. The molecule has 17 heavy (non-hydrogen) atoms. The van der Waals surface area contributed by atoms with E-state index in [9.17, 15) is 14.9 Å². The maximum absolute atomic E-state index is 11.8. The lowest BCUT2D eigenvalue weighted by molar-refractivity contribution is -0.485. The third-order valence-electron chi connectivity index (χ3n) is 3.34. The van der Waals surface area contributed by atoms with Crippen molar-refractivity contribution in [3.63, 3.8) is 0 Å². The first-order chi connectivity index (χ1) is 8.18. The number of hydrogen-bond acceptors (Lipinski definition) is 4. The van der Waals surface area contributed by atoms with E-state index in [1.54, 1.807) is 12.1 Å². The van der Waals surface area contributed by atoms with Gasteiger partial charge in [-0.25, -0.2) is 0 Å². The van der Waals surface area contributed by atoms with Crippen LogP contribution < -0.4 is 0 Å². The average molecular weight is 237 g/mol. The second kappa shape index (κ2) is 5.12. The Labute approximate surface area is 99.0 Å². The molecule has 0 N–H and O–H groups in total. The van der Waals surface area contributed by atoms with Crippen LogP contribution in [0, 0.1) is 16.0 Å². The zero-order valence-corrected chi connectivity index (χ0v) is 9.50. The highest BCUT2D eigenvalue weighted by Gasteiger charge is 2.36. The summed E-state index contributed by atoms with van der Waals surface area (Å²) in [5, 5.41) is 10.7. The maximum Gasteiger partial charge on any atom is 0.214 e. The van der Waals surface area contributed by atoms with Crippen LogP contribution in [-0.4, -0.2) is 17.3 Å². The summed E-state index contributed by atoms with van der Waals surface area (Å²) in [5.41, 5.74) is 0. The molecule has 1 aliphatic carbocycles. The molecule has 1 aromatic rings. The summed E-state index contributed by atoms with van der Waals surface area (Å²) in [7, 11) is 0. The molecule has 2 rings (SSSR count). The average Bonchev–Trinajstić information content (AvgIpc) is 2.80. The van der Waals surface area contributed by atoms with Gasteiger partial charge in [0.05, 0.1) is 12.2 Å². The first-order valence-corrected chi connectivity index (χ1v) is 5.86. The van der Waals surface area contributed by atoms with Crippen molar-refractivity contribution in [3.05, 3.63) is 34.3 Å². The molecule has 0 saturated heterocycles. The van der Waals surface area contributed by atoms with Crippen molar-refractivity contribution in [2.75, 3.05) is 6.54 Å². The van der Waals surface area contributed by atoms with Gasteiger partial charge in [0, 0.05) is 17.3 Å². The van der Waals surface area contributed by atoms with Crippen LogP contribution >= 0.6 is 0 Å². The van der Waals surface area contributed by atoms with Crippen LogP contribution in [-0.2, 0) is 4.79 Å². The fourth-order valence-corrected chi connectivity index (χ4v) is 2.51. The molecule has 5 nitrogen and oxygen atoms in total. The third kappa shape index (κ3) is 2.72. The fourth-order valence-electron chi connectivity index (χ4n) is 2.51.